The summed E-state index contributed by atoms with van der Waals surface area (Å²) in [5.74, 6) is -1.59. The molecule has 0 saturated carbocycles. The van der Waals surface area contributed by atoms with Crippen molar-refractivity contribution in [1.82, 2.24) is 4.98 Å². The maximum atomic E-state index is 13.7. The van der Waals surface area contributed by atoms with Crippen LogP contribution in [0, 0.1) is 22.6 Å². The van der Waals surface area contributed by atoms with Crippen molar-refractivity contribution in [1.29, 1.82) is 5.26 Å². The Morgan fingerprint density at radius 2 is 1.86 bits per heavy atom. The van der Waals surface area contributed by atoms with Crippen molar-refractivity contribution in [3.8, 4) is 6.07 Å². The first-order valence-corrected chi connectivity index (χ1v) is 15.6. The highest BCUT2D eigenvalue weighted by Gasteiger charge is 2.46. The van der Waals surface area contributed by atoms with Crippen LogP contribution in [0.15, 0.2) is 83.2 Å². The van der Waals surface area contributed by atoms with Gasteiger partial charge in [0.25, 0.3) is 10.0 Å². The van der Waals surface area contributed by atoms with Crippen LogP contribution in [0.2, 0.25) is 0 Å². The van der Waals surface area contributed by atoms with Crippen LogP contribution in [0.3, 0.4) is 0 Å². The molecule has 8 nitrogen and oxygen atoms in total. The van der Waals surface area contributed by atoms with Crippen molar-refractivity contribution >= 4 is 21.7 Å². The van der Waals surface area contributed by atoms with Gasteiger partial charge in [0.1, 0.15) is 23.2 Å². The third kappa shape index (κ3) is 7.41. The smallest absolute Gasteiger partial charge is 0.338 e. The molecule has 0 bridgehead atoms. The van der Waals surface area contributed by atoms with Gasteiger partial charge < -0.3 is 9.84 Å². The number of aliphatic hydroxyl groups is 1. The van der Waals surface area contributed by atoms with Crippen LogP contribution >= 0.6 is 0 Å². The van der Waals surface area contributed by atoms with Crippen molar-refractivity contribution < 1.29 is 27.4 Å². The summed E-state index contributed by atoms with van der Waals surface area (Å²) in [6.07, 6.45) is 3.64. The van der Waals surface area contributed by atoms with Gasteiger partial charge in [0.2, 0.25) is 0 Å². The van der Waals surface area contributed by atoms with E-state index < -0.39 is 32.9 Å². The lowest BCUT2D eigenvalue weighted by molar-refractivity contribution is -0.161. The standard InChI is InChI=1S/C33H36FN3O5S/c1-5-16-33(17-15-22-9-12-25(34)13-10-22)19-27(38)29(31(39)42-33)30(32(2,3)4)24-7-6-8-26(18-24)37-43(40,41)28-14-11-23(20-35)21-36-28/h6-14,18,21,30,37-38H,5,15-17,19H2,1-4H3/t30-,33+/m0/s1. The number of aliphatic hydroxyl groups excluding tert-OH is 1. The fraction of sp³-hybridized carbons (Fsp3) is 0.364. The topological polar surface area (TPSA) is 129 Å². The Morgan fingerprint density at radius 1 is 1.14 bits per heavy atom. The van der Waals surface area contributed by atoms with E-state index in [0.717, 1.165) is 12.0 Å². The Bertz CT molecular complexity index is 1660. The van der Waals surface area contributed by atoms with Gasteiger partial charge in [-0.1, -0.05) is 58.4 Å². The van der Waals surface area contributed by atoms with E-state index in [0.29, 0.717) is 24.8 Å². The molecule has 1 aliphatic rings. The minimum absolute atomic E-state index is 0.0449. The summed E-state index contributed by atoms with van der Waals surface area (Å²) >= 11 is 0. The first-order valence-electron chi connectivity index (χ1n) is 14.2. The van der Waals surface area contributed by atoms with E-state index in [2.05, 4.69) is 9.71 Å². The molecule has 0 fully saturated rings. The SMILES string of the molecule is CCC[C@@]1(CCc2ccc(F)cc2)CC(O)=C([C@H](c2cccc(NS(=O)(=O)c3ccc(C#N)cn3)c2)C(C)(C)C)C(=O)O1. The maximum Gasteiger partial charge on any atom is 0.338 e. The molecule has 1 aliphatic heterocycles. The number of anilines is 1. The molecular formula is C33H36FN3O5S. The number of aryl methyl sites for hydroxylation is 1. The van der Waals surface area contributed by atoms with Crippen molar-refractivity contribution in [2.24, 2.45) is 5.41 Å². The zero-order valence-corrected chi connectivity index (χ0v) is 25.5. The molecule has 0 unspecified atom stereocenters. The number of hydrogen-bond acceptors (Lipinski definition) is 7. The second kappa shape index (κ2) is 12.6. The lowest BCUT2D eigenvalue weighted by Crippen LogP contribution is -2.43. The van der Waals surface area contributed by atoms with Gasteiger partial charge in [-0.05, 0) is 72.2 Å². The predicted octanol–water partition coefficient (Wildman–Crippen LogP) is 6.95. The number of aromatic nitrogens is 1. The van der Waals surface area contributed by atoms with Crippen molar-refractivity contribution in [3.05, 3.63) is 101 Å². The van der Waals surface area contributed by atoms with Gasteiger partial charge in [0, 0.05) is 24.2 Å². The van der Waals surface area contributed by atoms with E-state index in [1.807, 2.05) is 33.8 Å². The van der Waals surface area contributed by atoms with Crippen LogP contribution in [0.1, 0.15) is 76.0 Å². The maximum absolute atomic E-state index is 13.7. The Balaban J connectivity index is 1.65. The molecule has 1 aromatic heterocycles. The molecule has 4 rings (SSSR count). The molecule has 43 heavy (non-hydrogen) atoms. The van der Waals surface area contributed by atoms with Gasteiger partial charge >= 0.3 is 5.97 Å². The largest absolute Gasteiger partial charge is 0.512 e. The molecule has 0 amide bonds. The summed E-state index contributed by atoms with van der Waals surface area (Å²) in [5, 5.41) is 20.2. The summed E-state index contributed by atoms with van der Waals surface area (Å²) in [4.78, 5) is 17.6. The molecule has 10 heteroatoms. The van der Waals surface area contributed by atoms with E-state index in [9.17, 15) is 22.7 Å². The average molecular weight is 606 g/mol. The van der Waals surface area contributed by atoms with Gasteiger partial charge in [-0.15, -0.1) is 0 Å². The Labute approximate surface area is 252 Å². The number of halogens is 1. The van der Waals surface area contributed by atoms with Gasteiger partial charge in [-0.25, -0.2) is 14.2 Å². The normalized spacial score (nSPS) is 18.1. The molecule has 2 N–H and O–H groups in total. The highest BCUT2D eigenvalue weighted by Crippen LogP contribution is 2.47. The average Bonchev–Trinajstić information content (AvgIpc) is 2.94. The van der Waals surface area contributed by atoms with E-state index in [-0.39, 0.29) is 39.8 Å². The quantitative estimate of drug-likeness (QED) is 0.239. The third-order valence-corrected chi connectivity index (χ3v) is 8.88. The minimum atomic E-state index is -4.06. The number of pyridine rings is 1. The fourth-order valence-corrected chi connectivity index (χ4v) is 6.65. The van der Waals surface area contributed by atoms with Crippen molar-refractivity contribution in [3.63, 3.8) is 0 Å². The predicted molar refractivity (Wildman–Crippen MR) is 161 cm³/mol. The number of ether oxygens (including phenoxy) is 1. The van der Waals surface area contributed by atoms with Crippen LogP contribution < -0.4 is 4.72 Å². The van der Waals surface area contributed by atoms with Crippen LogP contribution in [0.5, 0.6) is 0 Å². The number of hydrogen-bond donors (Lipinski definition) is 2. The summed E-state index contributed by atoms with van der Waals surface area (Å²) < 4.78 is 48.1. The van der Waals surface area contributed by atoms with E-state index >= 15 is 0 Å². The molecule has 0 saturated heterocycles. The zero-order valence-electron chi connectivity index (χ0n) is 24.7. The van der Waals surface area contributed by atoms with Crippen LogP contribution in [0.25, 0.3) is 0 Å². The second-order valence-electron chi connectivity index (χ2n) is 12.0. The number of carbonyl (C=O) groups excluding carboxylic acids is 1. The number of esters is 1. The lowest BCUT2D eigenvalue weighted by Gasteiger charge is -2.41. The molecule has 2 atom stereocenters. The number of nitriles is 1. The van der Waals surface area contributed by atoms with Crippen molar-refractivity contribution in [2.75, 3.05) is 4.72 Å². The Hall–Kier alpha value is -4.23. The molecule has 0 radical (unpaired) electrons. The number of rotatable bonds is 10. The minimum Gasteiger partial charge on any atom is -0.512 e. The monoisotopic (exact) mass is 605 g/mol. The summed E-state index contributed by atoms with van der Waals surface area (Å²) in [7, 11) is -4.06. The molecule has 0 aliphatic carbocycles. The molecule has 226 valence electrons. The molecule has 0 spiro atoms. The number of benzene rings is 2. The van der Waals surface area contributed by atoms with Crippen LogP contribution in [0.4, 0.5) is 10.1 Å². The first kappa shape index (κ1) is 31.7. The van der Waals surface area contributed by atoms with Crippen LogP contribution in [-0.2, 0) is 26.0 Å². The molecule has 3 aromatic rings. The number of nitrogens with zero attached hydrogens (tertiary/aromatic N) is 2. The first-order chi connectivity index (χ1) is 20.3. The molecule has 2 aromatic carbocycles. The van der Waals surface area contributed by atoms with E-state index in [1.54, 1.807) is 36.4 Å². The van der Waals surface area contributed by atoms with Gasteiger partial charge in [-0.2, -0.15) is 13.7 Å². The van der Waals surface area contributed by atoms with Gasteiger partial charge in [0.15, 0.2) is 5.03 Å². The number of nitrogens with one attached hydrogen (secondary N) is 1. The summed E-state index contributed by atoms with van der Waals surface area (Å²) in [5.41, 5.74) is 0.699. The second-order valence-corrected chi connectivity index (χ2v) is 13.6. The highest BCUT2D eigenvalue weighted by atomic mass is 32.2. The van der Waals surface area contributed by atoms with E-state index in [1.165, 1.54) is 30.5 Å². The van der Waals surface area contributed by atoms with Crippen molar-refractivity contribution in [2.45, 2.75) is 76.3 Å². The Morgan fingerprint density at radius 3 is 2.44 bits per heavy atom. The summed E-state index contributed by atoms with van der Waals surface area (Å²) in [6, 6.07) is 17.4. The lowest BCUT2D eigenvalue weighted by atomic mass is 9.70. The third-order valence-electron chi connectivity index (χ3n) is 7.59. The zero-order chi connectivity index (χ0) is 31.4. The number of cyclic esters (lactones) is 1. The Kier molecular flexibility index (Phi) is 9.26. The van der Waals surface area contributed by atoms with Crippen LogP contribution in [-0.4, -0.2) is 30.1 Å². The van der Waals surface area contributed by atoms with Gasteiger partial charge in [0.05, 0.1) is 11.1 Å². The van der Waals surface area contributed by atoms with Gasteiger partial charge in [-0.3, -0.25) is 4.72 Å². The molecule has 2 heterocycles. The van der Waals surface area contributed by atoms with E-state index in [4.69, 9.17) is 10.00 Å². The summed E-state index contributed by atoms with van der Waals surface area (Å²) in [6.45, 7) is 7.79. The highest BCUT2D eigenvalue weighted by molar-refractivity contribution is 7.92. The number of carbonyl (C=O) groups is 1. The molecular weight excluding hydrogens is 569 g/mol. The fourth-order valence-electron chi connectivity index (χ4n) is 5.67. The number of sulfonamides is 1.